The van der Waals surface area contributed by atoms with Gasteiger partial charge in [-0.2, -0.15) is 0 Å². The number of hydrogen-bond donors (Lipinski definition) is 3. The Kier molecular flexibility index (Phi) is 6.26. The van der Waals surface area contributed by atoms with Gasteiger partial charge in [-0.3, -0.25) is 9.59 Å². The van der Waals surface area contributed by atoms with Gasteiger partial charge in [-0.05, 0) is 59.8 Å². The Morgan fingerprint density at radius 3 is 2.37 bits per heavy atom. The third kappa shape index (κ3) is 4.64. The Hall–Kier alpha value is -3.35. The molecule has 2 saturated carbocycles. The molecule has 0 aliphatic heterocycles. The van der Waals surface area contributed by atoms with Gasteiger partial charge in [-0.25, -0.2) is 4.79 Å². The molecule has 3 aliphatic rings. The highest BCUT2D eigenvalue weighted by Crippen LogP contribution is 2.63. The van der Waals surface area contributed by atoms with Crippen molar-refractivity contribution in [1.29, 1.82) is 0 Å². The van der Waals surface area contributed by atoms with Crippen molar-refractivity contribution >= 4 is 18.0 Å². The van der Waals surface area contributed by atoms with Crippen LogP contribution < -0.4 is 10.6 Å². The normalized spacial score (nSPS) is 24.6. The Labute approximate surface area is 205 Å². The second kappa shape index (κ2) is 9.36. The second-order valence-electron chi connectivity index (χ2n) is 10.4. The Bertz CT molecular complexity index is 1100. The summed E-state index contributed by atoms with van der Waals surface area (Å²) in [6.45, 7) is 2.63. The molecule has 2 aromatic rings. The average Bonchev–Trinajstić information content (AvgIpc) is 3.25. The van der Waals surface area contributed by atoms with Gasteiger partial charge >= 0.3 is 12.1 Å². The first-order chi connectivity index (χ1) is 16.9. The van der Waals surface area contributed by atoms with Crippen LogP contribution in [0.3, 0.4) is 0 Å². The summed E-state index contributed by atoms with van der Waals surface area (Å²) in [6.07, 6.45) is 2.57. The molecular formula is C28H32N2O5. The fraction of sp³-hybridized carbons (Fsp3) is 0.464. The molecule has 184 valence electrons. The highest BCUT2D eigenvalue weighted by molar-refractivity contribution is 5.87. The zero-order valence-corrected chi connectivity index (χ0v) is 20.0. The van der Waals surface area contributed by atoms with Gasteiger partial charge in [0.05, 0.1) is 5.41 Å². The molecule has 4 atom stereocenters. The topological polar surface area (TPSA) is 105 Å². The molecule has 2 amide bonds. The molecule has 7 nitrogen and oxygen atoms in total. The Balaban J connectivity index is 1.10. The number of benzene rings is 2. The summed E-state index contributed by atoms with van der Waals surface area (Å²) >= 11 is 0. The fourth-order valence-electron chi connectivity index (χ4n) is 6.10. The smallest absolute Gasteiger partial charge is 0.407 e. The van der Waals surface area contributed by atoms with Crippen LogP contribution >= 0.6 is 0 Å². The minimum atomic E-state index is -0.817. The lowest BCUT2D eigenvalue weighted by atomic mass is 9.98. The minimum absolute atomic E-state index is 0.0192. The maximum absolute atomic E-state index is 12.8. The summed E-state index contributed by atoms with van der Waals surface area (Å²) in [5.74, 6) is -0.458. The van der Waals surface area contributed by atoms with Crippen LogP contribution in [0.5, 0.6) is 0 Å². The molecule has 0 saturated heterocycles. The summed E-state index contributed by atoms with van der Waals surface area (Å²) in [5, 5.41) is 14.8. The Morgan fingerprint density at radius 1 is 1.06 bits per heavy atom. The van der Waals surface area contributed by atoms with Gasteiger partial charge in [0.2, 0.25) is 5.91 Å². The molecule has 0 bridgehead atoms. The van der Waals surface area contributed by atoms with Crippen LogP contribution in [0.4, 0.5) is 4.79 Å². The highest BCUT2D eigenvalue weighted by Gasteiger charge is 2.65. The summed E-state index contributed by atoms with van der Waals surface area (Å²) in [4.78, 5) is 36.2. The molecule has 0 radical (unpaired) electrons. The van der Waals surface area contributed by atoms with Gasteiger partial charge in [0, 0.05) is 24.9 Å². The third-order valence-corrected chi connectivity index (χ3v) is 7.98. The predicted octanol–water partition coefficient (Wildman–Crippen LogP) is 4.31. The number of amides is 2. The molecule has 0 heterocycles. The summed E-state index contributed by atoms with van der Waals surface area (Å²) in [5.41, 5.74) is 4.35. The van der Waals surface area contributed by atoms with Crippen LogP contribution in [0.25, 0.3) is 11.1 Å². The molecule has 5 rings (SSSR count). The quantitative estimate of drug-likeness (QED) is 0.500. The SMILES string of the molecule is CC(CCNC(=O)C12CC(NC(=O)OCC3c4ccccc4-c4ccccc43)CC1C2)CC(=O)O. The Morgan fingerprint density at radius 2 is 1.71 bits per heavy atom. The van der Waals surface area contributed by atoms with E-state index in [9.17, 15) is 14.4 Å². The molecule has 2 aromatic carbocycles. The number of carbonyl (C=O) groups is 3. The first-order valence-corrected chi connectivity index (χ1v) is 12.5. The van der Waals surface area contributed by atoms with Crippen LogP contribution in [0.1, 0.15) is 56.1 Å². The monoisotopic (exact) mass is 476 g/mol. The first kappa shape index (κ1) is 23.4. The molecule has 2 fully saturated rings. The molecule has 0 aromatic heterocycles. The molecule has 4 unspecified atom stereocenters. The highest BCUT2D eigenvalue weighted by atomic mass is 16.5. The molecule has 3 N–H and O–H groups in total. The summed E-state index contributed by atoms with van der Waals surface area (Å²) < 4.78 is 5.67. The number of rotatable bonds is 9. The second-order valence-corrected chi connectivity index (χ2v) is 10.4. The van der Waals surface area contributed by atoms with Crippen LogP contribution in [-0.4, -0.2) is 42.3 Å². The number of carbonyl (C=O) groups excluding carboxylic acids is 2. The van der Waals surface area contributed by atoms with Gasteiger partial charge in [-0.15, -0.1) is 0 Å². The van der Waals surface area contributed by atoms with Gasteiger partial charge in [0.15, 0.2) is 0 Å². The van der Waals surface area contributed by atoms with E-state index < -0.39 is 17.5 Å². The number of hydrogen-bond acceptors (Lipinski definition) is 4. The lowest BCUT2D eigenvalue weighted by Crippen LogP contribution is -2.38. The molecule has 0 spiro atoms. The van der Waals surface area contributed by atoms with E-state index in [1.807, 2.05) is 31.2 Å². The van der Waals surface area contributed by atoms with Gasteiger partial charge < -0.3 is 20.5 Å². The van der Waals surface area contributed by atoms with Crippen LogP contribution in [-0.2, 0) is 14.3 Å². The maximum atomic E-state index is 12.8. The van der Waals surface area contributed by atoms with E-state index >= 15 is 0 Å². The van der Waals surface area contributed by atoms with Crippen molar-refractivity contribution in [3.8, 4) is 11.1 Å². The van der Waals surface area contributed by atoms with Gasteiger partial charge in [-0.1, -0.05) is 55.5 Å². The summed E-state index contributed by atoms with van der Waals surface area (Å²) in [6, 6.07) is 16.4. The maximum Gasteiger partial charge on any atom is 0.407 e. The molecule has 7 heteroatoms. The number of carboxylic acid groups (broad SMARTS) is 1. The zero-order valence-electron chi connectivity index (χ0n) is 20.0. The first-order valence-electron chi connectivity index (χ1n) is 12.5. The van der Waals surface area contributed by atoms with E-state index in [2.05, 4.69) is 34.9 Å². The molecular weight excluding hydrogens is 444 g/mol. The average molecular weight is 477 g/mol. The van der Waals surface area contributed by atoms with Crippen molar-refractivity contribution < 1.29 is 24.2 Å². The van der Waals surface area contributed by atoms with E-state index in [1.165, 1.54) is 22.3 Å². The lowest BCUT2D eigenvalue weighted by molar-refractivity contribution is -0.138. The van der Waals surface area contributed by atoms with E-state index in [4.69, 9.17) is 9.84 Å². The predicted molar refractivity (Wildman–Crippen MR) is 131 cm³/mol. The van der Waals surface area contributed by atoms with Crippen LogP contribution in [0.15, 0.2) is 48.5 Å². The largest absolute Gasteiger partial charge is 0.481 e. The number of aliphatic carboxylic acids is 1. The van der Waals surface area contributed by atoms with Crippen molar-refractivity contribution in [2.75, 3.05) is 13.2 Å². The van der Waals surface area contributed by atoms with Crippen molar-refractivity contribution in [3.63, 3.8) is 0 Å². The van der Waals surface area contributed by atoms with Crippen molar-refractivity contribution in [1.82, 2.24) is 10.6 Å². The van der Waals surface area contributed by atoms with E-state index in [0.717, 1.165) is 12.8 Å². The lowest BCUT2D eigenvalue weighted by Gasteiger charge is -2.19. The number of ether oxygens (including phenoxy) is 1. The zero-order chi connectivity index (χ0) is 24.6. The van der Waals surface area contributed by atoms with Crippen molar-refractivity contribution in [3.05, 3.63) is 59.7 Å². The standard InChI is InChI=1S/C28H32N2O5/c1-17(12-25(31)32)10-11-29-26(33)28-14-18(28)13-19(15-28)30-27(34)35-16-24-22-8-4-2-6-20(22)21-7-3-5-9-23(21)24/h2-9,17-19,24H,10-16H2,1H3,(H,29,33)(H,30,34)(H,31,32). The van der Waals surface area contributed by atoms with Crippen LogP contribution in [0, 0.1) is 17.3 Å². The minimum Gasteiger partial charge on any atom is -0.481 e. The summed E-state index contributed by atoms with van der Waals surface area (Å²) in [7, 11) is 0. The number of nitrogens with one attached hydrogen (secondary N) is 2. The fourth-order valence-corrected chi connectivity index (χ4v) is 6.10. The van der Waals surface area contributed by atoms with E-state index in [1.54, 1.807) is 0 Å². The van der Waals surface area contributed by atoms with E-state index in [0.29, 0.717) is 19.4 Å². The van der Waals surface area contributed by atoms with Crippen molar-refractivity contribution in [2.45, 2.75) is 51.0 Å². The van der Waals surface area contributed by atoms with Gasteiger partial charge in [0.25, 0.3) is 0 Å². The number of alkyl carbamates (subject to hydrolysis) is 1. The number of carboxylic acids is 1. The number of fused-ring (bicyclic) bond motifs is 4. The molecule has 35 heavy (non-hydrogen) atoms. The van der Waals surface area contributed by atoms with Crippen LogP contribution in [0.2, 0.25) is 0 Å². The van der Waals surface area contributed by atoms with Crippen molar-refractivity contribution in [2.24, 2.45) is 17.3 Å². The van der Waals surface area contributed by atoms with E-state index in [-0.39, 0.29) is 42.7 Å². The third-order valence-electron chi connectivity index (χ3n) is 7.98. The molecule has 3 aliphatic carbocycles. The van der Waals surface area contributed by atoms with Gasteiger partial charge in [0.1, 0.15) is 6.61 Å².